The van der Waals surface area contributed by atoms with Crippen LogP contribution >= 0.6 is 46.3 Å². The summed E-state index contributed by atoms with van der Waals surface area (Å²) in [6, 6.07) is 11.3. The van der Waals surface area contributed by atoms with Crippen molar-refractivity contribution in [2.75, 3.05) is 37.8 Å². The summed E-state index contributed by atoms with van der Waals surface area (Å²) in [7, 11) is 3.99. The molecule has 0 spiro atoms. The normalized spacial score (nSPS) is 11.4. The summed E-state index contributed by atoms with van der Waals surface area (Å²) >= 11 is 15.1. The van der Waals surface area contributed by atoms with Crippen LogP contribution in [0.5, 0.6) is 0 Å². The molecule has 28 heavy (non-hydrogen) atoms. The Morgan fingerprint density at radius 1 is 1.11 bits per heavy atom. The van der Waals surface area contributed by atoms with Gasteiger partial charge in [-0.3, -0.25) is 9.69 Å². The Morgan fingerprint density at radius 2 is 1.82 bits per heavy atom. The molecule has 0 radical (unpaired) electrons. The summed E-state index contributed by atoms with van der Waals surface area (Å²) in [6.07, 6.45) is 0. The summed E-state index contributed by atoms with van der Waals surface area (Å²) in [4.78, 5) is 22.6. The number of hydrogen-bond acceptors (Lipinski definition) is 5. The van der Waals surface area contributed by atoms with Crippen molar-refractivity contribution in [3.8, 4) is 0 Å². The number of hydrogen-bond donors (Lipinski definition) is 0. The summed E-state index contributed by atoms with van der Waals surface area (Å²) < 4.78 is 0.994. The number of carbonyl (C=O) groups excluding carboxylic acids is 1. The Bertz CT molecular complexity index is 973. The van der Waals surface area contributed by atoms with Crippen LogP contribution < -0.4 is 4.90 Å². The zero-order valence-electron chi connectivity index (χ0n) is 15.9. The quantitative estimate of drug-likeness (QED) is 0.436. The summed E-state index contributed by atoms with van der Waals surface area (Å²) in [5, 5.41) is 2.08. The van der Waals surface area contributed by atoms with Crippen LogP contribution in [0.3, 0.4) is 0 Å². The van der Waals surface area contributed by atoms with Crippen molar-refractivity contribution in [3.63, 3.8) is 0 Å². The average Bonchev–Trinajstić information content (AvgIpc) is 3.05. The zero-order chi connectivity index (χ0) is 20.3. The highest BCUT2D eigenvalue weighted by molar-refractivity contribution is 8.00. The van der Waals surface area contributed by atoms with Gasteiger partial charge in [-0.1, -0.05) is 34.5 Å². The smallest absolute Gasteiger partial charge is 0.239 e. The Morgan fingerprint density at radius 3 is 2.50 bits per heavy atom. The molecule has 0 atom stereocenters. The Labute approximate surface area is 183 Å². The monoisotopic (exact) mass is 453 g/mol. The molecule has 0 aliphatic carbocycles. The van der Waals surface area contributed by atoms with Gasteiger partial charge in [-0.15, -0.1) is 11.8 Å². The summed E-state index contributed by atoms with van der Waals surface area (Å²) in [5.41, 5.74) is 1.91. The van der Waals surface area contributed by atoms with Gasteiger partial charge in [-0.05, 0) is 63.0 Å². The Balaban J connectivity index is 1.82. The number of aromatic nitrogens is 1. The van der Waals surface area contributed by atoms with Gasteiger partial charge in [0.05, 0.1) is 16.0 Å². The summed E-state index contributed by atoms with van der Waals surface area (Å²) in [6.45, 7) is 3.33. The maximum absolute atomic E-state index is 13.0. The molecule has 0 saturated carbocycles. The van der Waals surface area contributed by atoms with E-state index in [0.717, 1.165) is 27.2 Å². The van der Waals surface area contributed by atoms with E-state index in [4.69, 9.17) is 28.2 Å². The van der Waals surface area contributed by atoms with E-state index in [2.05, 4.69) is 4.90 Å². The van der Waals surface area contributed by atoms with Crippen molar-refractivity contribution < 1.29 is 4.79 Å². The molecule has 1 heterocycles. The number of anilines is 1. The highest BCUT2D eigenvalue weighted by Gasteiger charge is 2.21. The van der Waals surface area contributed by atoms with Crippen LogP contribution in [-0.2, 0) is 4.79 Å². The number of amides is 1. The minimum Gasteiger partial charge on any atom is -0.308 e. The van der Waals surface area contributed by atoms with Gasteiger partial charge in [0.1, 0.15) is 0 Å². The standard InChI is InChI=1S/C20H21Cl2N3OS2/c1-13-10-15(22)11-17-19(13)23-20(28-17)25(9-8-24(2)3)18(26)12-27-16-6-4-14(21)5-7-16/h4-7,10-11H,8-9,12H2,1-3H3. The molecule has 148 valence electrons. The van der Waals surface area contributed by atoms with E-state index < -0.39 is 0 Å². The molecule has 0 aliphatic rings. The molecular formula is C20H21Cl2N3OS2. The number of benzene rings is 2. The second-order valence-corrected chi connectivity index (χ2v) is 9.59. The van der Waals surface area contributed by atoms with Crippen molar-refractivity contribution in [3.05, 3.63) is 52.0 Å². The van der Waals surface area contributed by atoms with Gasteiger partial charge < -0.3 is 4.90 Å². The lowest BCUT2D eigenvalue weighted by Crippen LogP contribution is -2.37. The van der Waals surface area contributed by atoms with Gasteiger partial charge in [0.2, 0.25) is 5.91 Å². The lowest BCUT2D eigenvalue weighted by molar-refractivity contribution is -0.116. The second-order valence-electron chi connectivity index (χ2n) is 6.66. The van der Waals surface area contributed by atoms with Crippen molar-refractivity contribution in [1.82, 2.24) is 9.88 Å². The van der Waals surface area contributed by atoms with E-state index >= 15 is 0 Å². The van der Waals surface area contributed by atoms with Crippen LogP contribution in [0.25, 0.3) is 10.2 Å². The lowest BCUT2D eigenvalue weighted by Gasteiger charge is -2.21. The van der Waals surface area contributed by atoms with Crippen LogP contribution in [0.4, 0.5) is 5.13 Å². The summed E-state index contributed by atoms with van der Waals surface area (Å²) in [5.74, 6) is 0.370. The van der Waals surface area contributed by atoms with Crippen LogP contribution in [0, 0.1) is 6.92 Å². The molecule has 3 aromatic rings. The molecule has 3 rings (SSSR count). The number of halogens is 2. The largest absolute Gasteiger partial charge is 0.308 e. The minimum atomic E-state index is 0.0320. The number of thioether (sulfide) groups is 1. The molecule has 1 aromatic heterocycles. The fraction of sp³-hybridized carbons (Fsp3) is 0.300. The number of carbonyl (C=O) groups is 1. The molecule has 0 aliphatic heterocycles. The fourth-order valence-electron chi connectivity index (χ4n) is 2.64. The second kappa shape index (κ2) is 9.46. The molecule has 0 bridgehead atoms. The maximum atomic E-state index is 13.0. The van der Waals surface area contributed by atoms with E-state index in [1.54, 1.807) is 4.90 Å². The first kappa shape index (κ1) is 21.4. The first-order valence-corrected chi connectivity index (χ1v) is 11.3. The first-order chi connectivity index (χ1) is 13.3. The van der Waals surface area contributed by atoms with Crippen LogP contribution in [0.2, 0.25) is 10.0 Å². The van der Waals surface area contributed by atoms with Crippen molar-refractivity contribution >= 4 is 67.6 Å². The average molecular weight is 454 g/mol. The van der Waals surface area contributed by atoms with E-state index in [1.807, 2.05) is 57.4 Å². The molecule has 0 saturated heterocycles. The molecule has 8 heteroatoms. The molecule has 0 fully saturated rings. The van der Waals surface area contributed by atoms with E-state index in [1.165, 1.54) is 23.1 Å². The number of nitrogens with zero attached hydrogens (tertiary/aromatic N) is 3. The molecule has 0 unspecified atom stereocenters. The highest BCUT2D eigenvalue weighted by Crippen LogP contribution is 2.33. The third kappa shape index (κ3) is 5.39. The predicted molar refractivity (Wildman–Crippen MR) is 122 cm³/mol. The van der Waals surface area contributed by atoms with Crippen LogP contribution in [0.15, 0.2) is 41.3 Å². The van der Waals surface area contributed by atoms with Gasteiger partial charge in [-0.2, -0.15) is 0 Å². The molecular weight excluding hydrogens is 433 g/mol. The number of thiazole rings is 1. The number of likely N-dealkylation sites (N-methyl/N-ethyl adjacent to an activating group) is 1. The fourth-order valence-corrected chi connectivity index (χ4v) is 5.00. The van der Waals surface area contributed by atoms with Gasteiger partial charge >= 0.3 is 0 Å². The van der Waals surface area contributed by atoms with Crippen molar-refractivity contribution in [2.45, 2.75) is 11.8 Å². The molecule has 1 amide bonds. The number of aryl methyl sites for hydroxylation is 1. The van der Waals surface area contributed by atoms with Crippen molar-refractivity contribution in [1.29, 1.82) is 0 Å². The first-order valence-electron chi connectivity index (χ1n) is 8.73. The molecule has 4 nitrogen and oxygen atoms in total. The SMILES string of the molecule is Cc1cc(Cl)cc2sc(N(CCN(C)C)C(=O)CSc3ccc(Cl)cc3)nc12. The zero-order valence-corrected chi connectivity index (χ0v) is 19.1. The maximum Gasteiger partial charge on any atom is 0.239 e. The lowest BCUT2D eigenvalue weighted by atomic mass is 10.2. The topological polar surface area (TPSA) is 36.4 Å². The third-order valence-corrected chi connectivity index (χ3v) is 6.61. The predicted octanol–water partition coefficient (Wildman–Crippen LogP) is 5.60. The molecule has 0 N–H and O–H groups in total. The van der Waals surface area contributed by atoms with E-state index in [0.29, 0.717) is 27.5 Å². The number of rotatable bonds is 7. The third-order valence-electron chi connectivity index (χ3n) is 4.12. The van der Waals surface area contributed by atoms with Gasteiger partial charge in [0.15, 0.2) is 5.13 Å². The Kier molecular flexibility index (Phi) is 7.23. The van der Waals surface area contributed by atoms with Gasteiger partial charge in [-0.25, -0.2) is 4.98 Å². The van der Waals surface area contributed by atoms with Crippen molar-refractivity contribution in [2.24, 2.45) is 0 Å². The minimum absolute atomic E-state index is 0.0320. The molecule has 2 aromatic carbocycles. The van der Waals surface area contributed by atoms with Gasteiger partial charge in [0, 0.05) is 28.0 Å². The highest BCUT2D eigenvalue weighted by atomic mass is 35.5. The van der Waals surface area contributed by atoms with Crippen LogP contribution in [-0.4, -0.2) is 48.7 Å². The van der Waals surface area contributed by atoms with E-state index in [-0.39, 0.29) is 5.91 Å². The number of fused-ring (bicyclic) bond motifs is 1. The van der Waals surface area contributed by atoms with E-state index in [9.17, 15) is 4.79 Å². The van der Waals surface area contributed by atoms with Crippen LogP contribution in [0.1, 0.15) is 5.56 Å². The van der Waals surface area contributed by atoms with Gasteiger partial charge in [0.25, 0.3) is 0 Å². The Hall–Kier alpha value is -1.31.